The van der Waals surface area contributed by atoms with E-state index in [0.29, 0.717) is 38.4 Å². The highest BCUT2D eigenvalue weighted by atomic mass is 16.6. The second-order valence-corrected chi connectivity index (χ2v) is 10.2. The molecule has 0 saturated carbocycles. The van der Waals surface area contributed by atoms with Crippen LogP contribution in [0.15, 0.2) is 23.5 Å². The van der Waals surface area contributed by atoms with E-state index < -0.39 is 12.2 Å². The Morgan fingerprint density at radius 3 is 2.46 bits per heavy atom. The number of hydrogen-bond donors (Lipinski definition) is 3. The first-order valence-corrected chi connectivity index (χ1v) is 12.8. The van der Waals surface area contributed by atoms with Gasteiger partial charge in [0.15, 0.2) is 0 Å². The molecule has 3 aliphatic rings. The number of amides is 2. The van der Waals surface area contributed by atoms with Crippen molar-refractivity contribution >= 4 is 12.0 Å². The Balaban J connectivity index is 1.42. The third kappa shape index (κ3) is 7.29. The summed E-state index contributed by atoms with van der Waals surface area (Å²) in [6.45, 7) is 8.51. The highest BCUT2D eigenvalue weighted by Gasteiger charge is 2.71. The molecule has 2 amide bonds. The number of epoxide rings is 2. The van der Waals surface area contributed by atoms with E-state index in [-0.39, 0.29) is 29.1 Å². The van der Waals surface area contributed by atoms with E-state index in [1.54, 1.807) is 14.2 Å². The van der Waals surface area contributed by atoms with E-state index in [1.165, 1.54) is 5.57 Å². The van der Waals surface area contributed by atoms with Crippen LogP contribution >= 0.6 is 0 Å². The van der Waals surface area contributed by atoms with E-state index >= 15 is 0 Å². The molecule has 35 heavy (non-hydrogen) atoms. The minimum absolute atomic E-state index is 0.00959. The summed E-state index contributed by atoms with van der Waals surface area (Å²) < 4.78 is 23.7. The molecule has 1 aliphatic carbocycles. The van der Waals surface area contributed by atoms with E-state index in [2.05, 4.69) is 42.8 Å². The van der Waals surface area contributed by atoms with Crippen LogP contribution in [0.25, 0.3) is 0 Å². The summed E-state index contributed by atoms with van der Waals surface area (Å²) >= 11 is 0. The maximum atomic E-state index is 12.5. The van der Waals surface area contributed by atoms with Crippen molar-refractivity contribution in [2.75, 3.05) is 40.4 Å². The summed E-state index contributed by atoms with van der Waals surface area (Å²) in [5.41, 5.74) is 0.587. The average Bonchev–Trinajstić information content (AvgIpc) is 3.72. The molecule has 0 aromatic rings. The second-order valence-electron chi connectivity index (χ2n) is 10.2. The van der Waals surface area contributed by atoms with Crippen molar-refractivity contribution in [1.29, 1.82) is 0 Å². The Hall–Kier alpha value is -1.94. The molecule has 9 heteroatoms. The first-order valence-electron chi connectivity index (χ1n) is 12.8. The van der Waals surface area contributed by atoms with Gasteiger partial charge in [-0.15, -0.1) is 0 Å². The second kappa shape index (κ2) is 12.3. The van der Waals surface area contributed by atoms with Gasteiger partial charge in [0.1, 0.15) is 23.1 Å². The number of allylic oxidation sites excluding steroid dienone is 1. The molecule has 198 valence electrons. The number of hydrogen-bond acceptors (Lipinski definition) is 7. The highest BCUT2D eigenvalue weighted by molar-refractivity contribution is 5.77. The van der Waals surface area contributed by atoms with Gasteiger partial charge in [0.05, 0.1) is 25.2 Å². The number of carbonyl (C=O) groups excluding carboxylic acids is 2. The van der Waals surface area contributed by atoms with Crippen molar-refractivity contribution < 1.29 is 28.5 Å². The smallest absolute Gasteiger partial charge is 0.412 e. The molecule has 2 unspecified atom stereocenters. The molecule has 5 atom stereocenters. The van der Waals surface area contributed by atoms with Crippen molar-refractivity contribution in [3.63, 3.8) is 0 Å². The van der Waals surface area contributed by atoms with Crippen molar-refractivity contribution in [3.05, 3.63) is 23.5 Å². The summed E-state index contributed by atoms with van der Waals surface area (Å²) in [6.07, 6.45) is 8.61. The summed E-state index contributed by atoms with van der Waals surface area (Å²) in [4.78, 5) is 23.9. The maximum Gasteiger partial charge on any atom is 0.412 e. The quantitative estimate of drug-likeness (QED) is 0.194. The number of carbonyl (C=O) groups is 2. The fraction of sp³-hybridized carbons (Fsp3) is 0.769. The summed E-state index contributed by atoms with van der Waals surface area (Å²) in [5.74, 6) is 0.499. The van der Waals surface area contributed by atoms with Gasteiger partial charge in [-0.25, -0.2) is 4.79 Å². The lowest BCUT2D eigenvalue weighted by Crippen LogP contribution is -2.49. The minimum Gasteiger partial charge on any atom is -0.412 e. The zero-order valence-electron chi connectivity index (χ0n) is 21.9. The Bertz CT molecular complexity index is 805. The number of nitrogens with one attached hydrogen (secondary N) is 3. The highest BCUT2D eigenvalue weighted by Crippen LogP contribution is 2.59. The fourth-order valence-corrected chi connectivity index (χ4v) is 5.08. The van der Waals surface area contributed by atoms with Gasteiger partial charge in [-0.05, 0) is 53.2 Å². The lowest BCUT2D eigenvalue weighted by molar-refractivity contribution is -0.120. The molecular formula is C26H43N3O6. The van der Waals surface area contributed by atoms with Gasteiger partial charge in [-0.3, -0.25) is 4.79 Å². The van der Waals surface area contributed by atoms with Gasteiger partial charge in [0.25, 0.3) is 0 Å². The first kappa shape index (κ1) is 27.6. The van der Waals surface area contributed by atoms with Gasteiger partial charge < -0.3 is 34.9 Å². The van der Waals surface area contributed by atoms with Crippen LogP contribution in [-0.2, 0) is 23.7 Å². The normalized spacial score (nSPS) is 30.9. The zero-order valence-corrected chi connectivity index (χ0v) is 21.9. The number of unbranched alkanes of at least 4 members (excludes halogenated alkanes) is 3. The minimum atomic E-state index is -0.466. The zero-order chi connectivity index (χ0) is 25.5. The average molecular weight is 494 g/mol. The SMILES string of the molecule is CNCC(=O)NCCCCCCNC(=O)OC1=CC[C@]2(CO2)C([C@@]2(C)O[C@@H]2CC=C(C)C)C1OC. The van der Waals surface area contributed by atoms with Crippen LogP contribution in [0, 0.1) is 5.92 Å². The lowest BCUT2D eigenvalue weighted by Gasteiger charge is -2.37. The van der Waals surface area contributed by atoms with Gasteiger partial charge in [-0.1, -0.05) is 24.5 Å². The molecular weight excluding hydrogens is 450 g/mol. The van der Waals surface area contributed by atoms with E-state index in [4.69, 9.17) is 18.9 Å². The molecule has 0 bridgehead atoms. The molecule has 2 fully saturated rings. The topological polar surface area (TPSA) is 114 Å². The van der Waals surface area contributed by atoms with Crippen LogP contribution in [0.5, 0.6) is 0 Å². The lowest BCUT2D eigenvalue weighted by atomic mass is 9.71. The number of alkyl carbamates (subject to hydrolysis) is 1. The Morgan fingerprint density at radius 1 is 1.17 bits per heavy atom. The molecule has 2 saturated heterocycles. The summed E-state index contributed by atoms with van der Waals surface area (Å²) in [7, 11) is 3.39. The van der Waals surface area contributed by atoms with Crippen molar-refractivity contribution in [2.24, 2.45) is 5.92 Å². The van der Waals surface area contributed by atoms with Gasteiger partial charge >= 0.3 is 6.09 Å². The van der Waals surface area contributed by atoms with Crippen LogP contribution in [-0.4, -0.2) is 75.8 Å². The molecule has 0 aromatic carbocycles. The van der Waals surface area contributed by atoms with Crippen LogP contribution in [0.1, 0.15) is 59.3 Å². The number of likely N-dealkylation sites (N-methyl/N-ethyl adjacent to an activating group) is 1. The molecule has 3 N–H and O–H groups in total. The van der Waals surface area contributed by atoms with Gasteiger partial charge in [0.2, 0.25) is 5.91 Å². The molecule has 9 nitrogen and oxygen atoms in total. The van der Waals surface area contributed by atoms with Crippen molar-refractivity contribution in [1.82, 2.24) is 16.0 Å². The Labute approximate surface area is 209 Å². The third-order valence-corrected chi connectivity index (χ3v) is 7.15. The predicted molar refractivity (Wildman–Crippen MR) is 133 cm³/mol. The number of ether oxygens (including phenoxy) is 4. The van der Waals surface area contributed by atoms with E-state index in [0.717, 1.165) is 32.1 Å². The van der Waals surface area contributed by atoms with Crippen molar-refractivity contribution in [3.8, 4) is 0 Å². The molecule has 2 heterocycles. The molecule has 1 spiro atoms. The van der Waals surface area contributed by atoms with Crippen LogP contribution < -0.4 is 16.0 Å². The molecule has 3 rings (SSSR count). The molecule has 0 aromatic heterocycles. The maximum absolute atomic E-state index is 12.5. The first-order chi connectivity index (χ1) is 16.8. The number of rotatable bonds is 14. The van der Waals surface area contributed by atoms with E-state index in [9.17, 15) is 9.59 Å². The van der Waals surface area contributed by atoms with Crippen LogP contribution in [0.2, 0.25) is 0 Å². The van der Waals surface area contributed by atoms with Gasteiger partial charge in [-0.2, -0.15) is 0 Å². The summed E-state index contributed by atoms with van der Waals surface area (Å²) in [6, 6.07) is 0. The van der Waals surface area contributed by atoms with Crippen molar-refractivity contribution in [2.45, 2.75) is 82.7 Å². The Kier molecular flexibility index (Phi) is 9.75. The van der Waals surface area contributed by atoms with E-state index in [1.807, 2.05) is 6.08 Å². The predicted octanol–water partition coefficient (Wildman–Crippen LogP) is 2.81. The largest absolute Gasteiger partial charge is 0.412 e. The number of methoxy groups -OCH3 is 1. The fourth-order valence-electron chi connectivity index (χ4n) is 5.08. The molecule has 0 radical (unpaired) electrons. The Morgan fingerprint density at radius 2 is 1.86 bits per heavy atom. The summed E-state index contributed by atoms with van der Waals surface area (Å²) in [5, 5.41) is 8.53. The molecule has 2 aliphatic heterocycles. The standard InChI is InChI=1S/C26H43N3O6/c1-18(2)10-11-20-25(3,35-20)23-22(32-5)19(12-13-26(23)17-33-26)34-24(31)29-15-9-7-6-8-14-28-21(30)16-27-4/h10,12,20,22-23,27H,6-9,11,13-17H2,1-5H3,(H,28,30)(H,29,31)/t20-,22?,23?,25+,26+/m1/s1. The van der Waals surface area contributed by atoms with Crippen LogP contribution in [0.3, 0.4) is 0 Å². The third-order valence-electron chi connectivity index (χ3n) is 7.15. The van der Waals surface area contributed by atoms with Crippen LogP contribution in [0.4, 0.5) is 4.79 Å². The monoisotopic (exact) mass is 493 g/mol. The van der Waals surface area contributed by atoms with Gasteiger partial charge in [0, 0.05) is 26.6 Å².